The predicted octanol–water partition coefficient (Wildman–Crippen LogP) is 0.553. The summed E-state index contributed by atoms with van der Waals surface area (Å²) in [4.78, 5) is 52.2. The number of carbonyl (C=O) groups excluding carboxylic acids is 2. The van der Waals surface area contributed by atoms with Gasteiger partial charge >= 0.3 is 11.9 Å². The van der Waals surface area contributed by atoms with Crippen molar-refractivity contribution >= 4 is 41.1 Å². The summed E-state index contributed by atoms with van der Waals surface area (Å²) in [5.74, 6) is -3.69. The largest absolute Gasteiger partial charge is 0.481 e. The zero-order valence-corrected chi connectivity index (χ0v) is 22.9. The van der Waals surface area contributed by atoms with Crippen molar-refractivity contribution in [1.29, 1.82) is 0 Å². The zero-order valence-electron chi connectivity index (χ0n) is 22.9. The third-order valence-corrected chi connectivity index (χ3v) is 7.21. The number of carbonyl (C=O) groups is 4. The SMILES string of the molecule is Cc1c(C=C2C(=O)Nc3ccc(F)cc32)[nH]c2c1C(=O)N(C[C@H](O)CN1CCOCC1)CC2.O=C(O)CC(O)C(=O)O. The van der Waals surface area contributed by atoms with Crippen LogP contribution in [0.4, 0.5) is 10.1 Å². The lowest BCUT2D eigenvalue weighted by molar-refractivity contribution is -0.152. The standard InChI is InChI=1S/C24H27FN4O4.C4H6O5/c1-14-21(11-18-17-10-15(25)2-3-19(17)27-23(18)31)26-20-4-5-29(24(32)22(14)20)13-16(30)12-28-6-8-33-9-7-28;5-2(4(8)9)1-3(6)7/h2-3,10-11,16,26,30H,4-9,12-13H2,1H3,(H,27,31);2,5H,1H2,(H,6,7)(H,8,9)/t16-;/m1./s1. The third kappa shape index (κ3) is 7.20. The highest BCUT2D eigenvalue weighted by molar-refractivity contribution is 6.35. The molecule has 3 aliphatic heterocycles. The number of nitrogens with one attached hydrogen (secondary N) is 2. The number of benzene rings is 1. The number of rotatable bonds is 8. The van der Waals surface area contributed by atoms with Gasteiger partial charge in [0.15, 0.2) is 6.10 Å². The van der Waals surface area contributed by atoms with Crippen LogP contribution in [-0.2, 0) is 25.5 Å². The molecule has 226 valence electrons. The number of aliphatic hydroxyl groups is 2. The fraction of sp³-hybridized carbons (Fsp3) is 0.429. The van der Waals surface area contributed by atoms with E-state index in [9.17, 15) is 28.7 Å². The molecule has 42 heavy (non-hydrogen) atoms. The molecule has 2 atom stereocenters. The Balaban J connectivity index is 0.000000392. The van der Waals surface area contributed by atoms with Gasteiger partial charge in [0.25, 0.3) is 11.8 Å². The molecule has 1 saturated heterocycles. The minimum atomic E-state index is -1.79. The number of hydrogen-bond acceptors (Lipinski definition) is 8. The number of anilines is 1. The summed E-state index contributed by atoms with van der Waals surface area (Å²) >= 11 is 0. The molecule has 13 nitrogen and oxygen atoms in total. The fourth-order valence-electron chi connectivity index (χ4n) is 5.08. The Morgan fingerprint density at radius 2 is 1.83 bits per heavy atom. The molecule has 1 fully saturated rings. The van der Waals surface area contributed by atoms with Gasteiger partial charge in [-0.15, -0.1) is 0 Å². The van der Waals surface area contributed by atoms with Gasteiger partial charge in [-0.2, -0.15) is 0 Å². The van der Waals surface area contributed by atoms with Gasteiger partial charge < -0.3 is 40.4 Å². The van der Waals surface area contributed by atoms with Crippen molar-refractivity contribution in [3.63, 3.8) is 0 Å². The maximum absolute atomic E-state index is 13.8. The minimum absolute atomic E-state index is 0.127. The Labute approximate surface area is 240 Å². The highest BCUT2D eigenvalue weighted by atomic mass is 19.1. The molecular formula is C28H33FN4O9. The van der Waals surface area contributed by atoms with E-state index in [4.69, 9.17) is 20.1 Å². The molecule has 2 amide bonds. The second-order valence-corrected chi connectivity index (χ2v) is 10.2. The van der Waals surface area contributed by atoms with Crippen LogP contribution in [0.25, 0.3) is 11.6 Å². The van der Waals surface area contributed by atoms with E-state index >= 15 is 0 Å². The van der Waals surface area contributed by atoms with E-state index in [1.807, 2.05) is 6.92 Å². The molecule has 0 spiro atoms. The quantitative estimate of drug-likeness (QED) is 0.237. The van der Waals surface area contributed by atoms with Gasteiger partial charge in [0, 0.05) is 61.8 Å². The van der Waals surface area contributed by atoms with Gasteiger partial charge in [0.05, 0.1) is 36.9 Å². The smallest absolute Gasteiger partial charge is 0.333 e. The number of halogens is 1. The molecule has 3 aliphatic rings. The summed E-state index contributed by atoms with van der Waals surface area (Å²) in [6, 6.07) is 4.18. The third-order valence-electron chi connectivity index (χ3n) is 7.21. The van der Waals surface area contributed by atoms with Crippen molar-refractivity contribution in [3.8, 4) is 0 Å². The van der Waals surface area contributed by atoms with Gasteiger partial charge in [0.1, 0.15) is 5.82 Å². The number of β-amino-alcohol motifs (C(OH)–C–C–N with tert-alkyl or cyclic N) is 1. The van der Waals surface area contributed by atoms with Gasteiger partial charge in [-0.1, -0.05) is 0 Å². The molecule has 14 heteroatoms. The maximum Gasteiger partial charge on any atom is 0.333 e. The zero-order chi connectivity index (χ0) is 30.6. The predicted molar refractivity (Wildman–Crippen MR) is 147 cm³/mol. The number of ether oxygens (including phenoxy) is 1. The number of morpholine rings is 1. The average Bonchev–Trinajstić information content (AvgIpc) is 3.42. The van der Waals surface area contributed by atoms with E-state index in [-0.39, 0.29) is 18.4 Å². The van der Waals surface area contributed by atoms with Crippen LogP contribution in [0.3, 0.4) is 0 Å². The Hall–Kier alpha value is -4.11. The van der Waals surface area contributed by atoms with Crippen molar-refractivity contribution < 1.29 is 48.7 Å². The normalized spacial score (nSPS) is 19.0. The highest BCUT2D eigenvalue weighted by Gasteiger charge is 2.32. The number of fused-ring (bicyclic) bond motifs is 2. The molecule has 6 N–H and O–H groups in total. The first-order valence-corrected chi connectivity index (χ1v) is 13.4. The van der Waals surface area contributed by atoms with Crippen LogP contribution in [0.5, 0.6) is 0 Å². The number of aliphatic carboxylic acids is 2. The molecule has 0 saturated carbocycles. The average molecular weight is 589 g/mol. The van der Waals surface area contributed by atoms with Crippen LogP contribution in [0.2, 0.25) is 0 Å². The van der Waals surface area contributed by atoms with Crippen LogP contribution in [-0.4, -0.2) is 117 Å². The highest BCUT2D eigenvalue weighted by Crippen LogP contribution is 2.35. The number of nitrogens with zero attached hydrogens (tertiary/aromatic N) is 2. The number of aromatic amines is 1. The van der Waals surface area contributed by atoms with Crippen LogP contribution in [0.15, 0.2) is 18.2 Å². The summed E-state index contributed by atoms with van der Waals surface area (Å²) in [7, 11) is 0. The maximum atomic E-state index is 13.8. The number of hydrogen-bond donors (Lipinski definition) is 6. The Kier molecular flexibility index (Phi) is 9.73. The van der Waals surface area contributed by atoms with Crippen molar-refractivity contribution in [2.45, 2.75) is 32.0 Å². The first-order chi connectivity index (χ1) is 19.9. The van der Waals surface area contributed by atoms with E-state index < -0.39 is 36.4 Å². The summed E-state index contributed by atoms with van der Waals surface area (Å²) < 4.78 is 19.1. The number of carboxylic acids is 2. The molecule has 1 aromatic heterocycles. The van der Waals surface area contributed by atoms with E-state index in [0.29, 0.717) is 60.8 Å². The Morgan fingerprint density at radius 3 is 2.48 bits per heavy atom. The number of aromatic nitrogens is 1. The lowest BCUT2D eigenvalue weighted by atomic mass is 10.0. The van der Waals surface area contributed by atoms with Crippen molar-refractivity contribution in [2.24, 2.45) is 0 Å². The van der Waals surface area contributed by atoms with Crippen LogP contribution in [0, 0.1) is 12.7 Å². The van der Waals surface area contributed by atoms with Gasteiger partial charge in [-0.05, 0) is 36.8 Å². The lowest BCUT2D eigenvalue weighted by Crippen LogP contribution is -2.47. The number of carboxylic acid groups (broad SMARTS) is 2. The summed E-state index contributed by atoms with van der Waals surface area (Å²) in [5.41, 5.74) is 4.24. The molecule has 0 aliphatic carbocycles. The van der Waals surface area contributed by atoms with E-state index in [1.54, 1.807) is 17.0 Å². The molecule has 4 heterocycles. The van der Waals surface area contributed by atoms with Crippen molar-refractivity contribution in [3.05, 3.63) is 52.1 Å². The Morgan fingerprint density at radius 1 is 1.12 bits per heavy atom. The van der Waals surface area contributed by atoms with Gasteiger partial charge in [-0.3, -0.25) is 19.3 Å². The number of H-pyrrole nitrogens is 1. The Bertz CT molecular complexity index is 1400. The minimum Gasteiger partial charge on any atom is -0.481 e. The van der Waals surface area contributed by atoms with Gasteiger partial charge in [0.2, 0.25) is 0 Å². The summed E-state index contributed by atoms with van der Waals surface area (Å²) in [6.45, 7) is 6.02. The van der Waals surface area contributed by atoms with E-state index in [0.717, 1.165) is 24.3 Å². The molecule has 0 bridgehead atoms. The van der Waals surface area contributed by atoms with Crippen molar-refractivity contribution in [1.82, 2.24) is 14.8 Å². The number of amides is 2. The van der Waals surface area contributed by atoms with Crippen LogP contribution < -0.4 is 5.32 Å². The second kappa shape index (κ2) is 13.2. The fourth-order valence-corrected chi connectivity index (χ4v) is 5.08. The van der Waals surface area contributed by atoms with Crippen molar-refractivity contribution in [2.75, 3.05) is 51.3 Å². The van der Waals surface area contributed by atoms with E-state index in [1.165, 1.54) is 12.1 Å². The van der Waals surface area contributed by atoms with Crippen LogP contribution in [0.1, 0.15) is 39.3 Å². The monoisotopic (exact) mass is 588 g/mol. The number of aliphatic hydroxyl groups excluding tert-OH is 2. The second-order valence-electron chi connectivity index (χ2n) is 10.2. The summed E-state index contributed by atoms with van der Waals surface area (Å²) in [5, 5.41) is 37.4. The lowest BCUT2D eigenvalue weighted by Gasteiger charge is -2.32. The molecule has 1 unspecified atom stereocenters. The molecule has 5 rings (SSSR count). The molecule has 2 aromatic rings. The summed E-state index contributed by atoms with van der Waals surface area (Å²) in [6.07, 6.45) is -0.869. The molecule has 0 radical (unpaired) electrons. The van der Waals surface area contributed by atoms with Gasteiger partial charge in [-0.25, -0.2) is 9.18 Å². The first kappa shape index (κ1) is 30.8. The van der Waals surface area contributed by atoms with Crippen LogP contribution >= 0.6 is 0 Å². The van der Waals surface area contributed by atoms with E-state index in [2.05, 4.69) is 15.2 Å². The first-order valence-electron chi connectivity index (χ1n) is 13.4. The molecule has 1 aromatic carbocycles. The molecular weight excluding hydrogens is 555 g/mol. The topological polar surface area (TPSA) is 193 Å².